The minimum absolute atomic E-state index is 0. The predicted molar refractivity (Wildman–Crippen MR) is 92.5 cm³/mol. The van der Waals surface area contributed by atoms with Gasteiger partial charge in [0.1, 0.15) is 0 Å². The van der Waals surface area contributed by atoms with E-state index in [2.05, 4.69) is 15.6 Å². The van der Waals surface area contributed by atoms with Crippen molar-refractivity contribution in [2.24, 2.45) is 0 Å². The lowest BCUT2D eigenvalue weighted by Gasteiger charge is -2.25. The zero-order chi connectivity index (χ0) is 15.4. The van der Waals surface area contributed by atoms with Crippen molar-refractivity contribution in [3.8, 4) is 11.4 Å². The summed E-state index contributed by atoms with van der Waals surface area (Å²) >= 11 is 0. The molecule has 0 bridgehead atoms. The summed E-state index contributed by atoms with van der Waals surface area (Å²) in [7, 11) is 1.77. The van der Waals surface area contributed by atoms with Crippen molar-refractivity contribution in [2.75, 3.05) is 13.6 Å². The Labute approximate surface area is 142 Å². The molecule has 1 heterocycles. The largest absolute Gasteiger partial charge is 0.348 e. The van der Waals surface area contributed by atoms with Crippen molar-refractivity contribution >= 4 is 18.3 Å². The third-order valence-corrected chi connectivity index (χ3v) is 3.89. The summed E-state index contributed by atoms with van der Waals surface area (Å²) in [4.78, 5) is 21.0. The summed E-state index contributed by atoms with van der Waals surface area (Å²) in [6.07, 6.45) is 4.78. The number of amides is 1. The fourth-order valence-electron chi connectivity index (χ4n) is 2.83. The Bertz CT molecular complexity index is 663. The van der Waals surface area contributed by atoms with Gasteiger partial charge in [0.2, 0.25) is 5.91 Å². The smallest absolute Gasteiger partial charge is 0.234 e. The first kappa shape index (κ1) is 17.4. The topological polar surface area (TPSA) is 66.9 Å². The van der Waals surface area contributed by atoms with Gasteiger partial charge >= 0.3 is 0 Å². The van der Waals surface area contributed by atoms with Crippen LogP contribution in [0.2, 0.25) is 0 Å². The molecule has 0 aliphatic heterocycles. The van der Waals surface area contributed by atoms with E-state index in [1.807, 2.05) is 36.5 Å². The number of carbonyl (C=O) groups excluding carboxylic acids is 1. The lowest BCUT2D eigenvalue weighted by Crippen LogP contribution is -2.36. The molecule has 0 saturated carbocycles. The van der Waals surface area contributed by atoms with Crippen LogP contribution in [0.15, 0.2) is 36.5 Å². The number of benzene rings is 1. The number of nitrogens with one attached hydrogen (secondary N) is 2. The van der Waals surface area contributed by atoms with Crippen LogP contribution in [0.1, 0.15) is 30.1 Å². The van der Waals surface area contributed by atoms with Crippen molar-refractivity contribution in [1.29, 1.82) is 0 Å². The fourth-order valence-corrected chi connectivity index (χ4v) is 2.83. The van der Waals surface area contributed by atoms with E-state index < -0.39 is 0 Å². The lowest BCUT2D eigenvalue weighted by molar-refractivity contribution is -0.121. The van der Waals surface area contributed by atoms with Crippen LogP contribution < -0.4 is 10.6 Å². The van der Waals surface area contributed by atoms with Crippen molar-refractivity contribution < 1.29 is 4.79 Å². The maximum absolute atomic E-state index is 11.8. The van der Waals surface area contributed by atoms with E-state index in [0.29, 0.717) is 6.54 Å². The van der Waals surface area contributed by atoms with Gasteiger partial charge in [0.25, 0.3) is 0 Å². The minimum Gasteiger partial charge on any atom is -0.348 e. The Morgan fingerprint density at radius 2 is 2.09 bits per heavy atom. The molecule has 23 heavy (non-hydrogen) atoms. The van der Waals surface area contributed by atoms with Gasteiger partial charge in [-0.25, -0.2) is 9.97 Å². The first-order valence-corrected chi connectivity index (χ1v) is 7.63. The molecular formula is C17H21ClN4O. The van der Waals surface area contributed by atoms with Crippen LogP contribution in [0.4, 0.5) is 0 Å². The quantitative estimate of drug-likeness (QED) is 0.901. The molecule has 5 nitrogen and oxygen atoms in total. The van der Waals surface area contributed by atoms with E-state index in [1.165, 1.54) is 0 Å². The highest BCUT2D eigenvalue weighted by molar-refractivity contribution is 5.85. The van der Waals surface area contributed by atoms with Crippen LogP contribution in [0.5, 0.6) is 0 Å². The molecule has 1 aliphatic carbocycles. The highest BCUT2D eigenvalue weighted by Gasteiger charge is 2.23. The fraction of sp³-hybridized carbons (Fsp3) is 0.353. The number of rotatable bonds is 4. The maximum atomic E-state index is 11.8. The van der Waals surface area contributed by atoms with Gasteiger partial charge in [0.15, 0.2) is 5.82 Å². The van der Waals surface area contributed by atoms with Crippen molar-refractivity contribution in [3.05, 3.63) is 47.8 Å². The van der Waals surface area contributed by atoms with E-state index in [0.717, 1.165) is 41.9 Å². The van der Waals surface area contributed by atoms with Gasteiger partial charge in [-0.05, 0) is 26.3 Å². The summed E-state index contributed by atoms with van der Waals surface area (Å²) in [5, 5.41) is 5.92. The highest BCUT2D eigenvalue weighted by atomic mass is 35.5. The van der Waals surface area contributed by atoms with E-state index >= 15 is 0 Å². The Balaban J connectivity index is 0.00000192. The molecule has 1 amide bonds. The molecule has 1 atom stereocenters. The second-order valence-electron chi connectivity index (χ2n) is 5.50. The third-order valence-electron chi connectivity index (χ3n) is 3.89. The van der Waals surface area contributed by atoms with Crippen molar-refractivity contribution in [2.45, 2.75) is 25.3 Å². The average molecular weight is 333 g/mol. The summed E-state index contributed by atoms with van der Waals surface area (Å²) in [5.74, 6) is 0.758. The maximum Gasteiger partial charge on any atom is 0.234 e. The van der Waals surface area contributed by atoms with Gasteiger partial charge in [0.05, 0.1) is 12.6 Å². The van der Waals surface area contributed by atoms with E-state index in [-0.39, 0.29) is 24.4 Å². The van der Waals surface area contributed by atoms with Crippen molar-refractivity contribution in [3.63, 3.8) is 0 Å². The van der Waals surface area contributed by atoms with Crippen LogP contribution >= 0.6 is 12.4 Å². The SMILES string of the molecule is CNCC(=O)NC1CCCc2nc(-c3ccccc3)ncc21.Cl. The summed E-state index contributed by atoms with van der Waals surface area (Å²) in [6.45, 7) is 0.328. The molecule has 2 N–H and O–H groups in total. The number of aryl methyl sites for hydroxylation is 1. The molecule has 122 valence electrons. The molecule has 3 rings (SSSR count). The van der Waals surface area contributed by atoms with Crippen LogP contribution in [0.3, 0.4) is 0 Å². The molecule has 2 aromatic rings. The van der Waals surface area contributed by atoms with Crippen LogP contribution in [0.25, 0.3) is 11.4 Å². The second-order valence-corrected chi connectivity index (χ2v) is 5.50. The monoisotopic (exact) mass is 332 g/mol. The Kier molecular flexibility index (Phi) is 6.07. The number of nitrogens with zero attached hydrogens (tertiary/aromatic N) is 2. The summed E-state index contributed by atoms with van der Waals surface area (Å²) in [6, 6.07) is 10.00. The van der Waals surface area contributed by atoms with Crippen LogP contribution in [-0.4, -0.2) is 29.5 Å². The van der Waals surface area contributed by atoms with Gasteiger partial charge in [0, 0.05) is 23.0 Å². The van der Waals surface area contributed by atoms with E-state index in [9.17, 15) is 4.79 Å². The number of halogens is 1. The first-order chi connectivity index (χ1) is 10.8. The summed E-state index contributed by atoms with van der Waals surface area (Å²) < 4.78 is 0. The molecule has 0 spiro atoms. The van der Waals surface area contributed by atoms with E-state index in [4.69, 9.17) is 4.98 Å². The molecule has 1 unspecified atom stereocenters. The molecule has 6 heteroatoms. The van der Waals surface area contributed by atoms with Gasteiger partial charge in [-0.1, -0.05) is 30.3 Å². The zero-order valence-corrected chi connectivity index (χ0v) is 13.9. The number of hydrogen-bond acceptors (Lipinski definition) is 4. The van der Waals surface area contributed by atoms with Gasteiger partial charge in [-0.15, -0.1) is 12.4 Å². The highest BCUT2D eigenvalue weighted by Crippen LogP contribution is 2.29. The molecular weight excluding hydrogens is 312 g/mol. The van der Waals surface area contributed by atoms with Crippen molar-refractivity contribution in [1.82, 2.24) is 20.6 Å². The number of hydrogen-bond donors (Lipinski definition) is 2. The predicted octanol–water partition coefficient (Wildman–Crippen LogP) is 2.28. The molecule has 0 radical (unpaired) electrons. The van der Waals surface area contributed by atoms with Crippen LogP contribution in [-0.2, 0) is 11.2 Å². The molecule has 0 fully saturated rings. The van der Waals surface area contributed by atoms with Gasteiger partial charge in [-0.2, -0.15) is 0 Å². The normalized spacial score (nSPS) is 16.1. The van der Waals surface area contributed by atoms with Gasteiger partial charge < -0.3 is 10.6 Å². The lowest BCUT2D eigenvalue weighted by atomic mass is 9.92. The number of fused-ring (bicyclic) bond motifs is 1. The molecule has 1 aliphatic rings. The van der Waals surface area contributed by atoms with Crippen LogP contribution in [0, 0.1) is 0 Å². The molecule has 1 aromatic carbocycles. The van der Waals surface area contributed by atoms with E-state index in [1.54, 1.807) is 7.05 Å². The zero-order valence-electron chi connectivity index (χ0n) is 13.1. The Hall–Kier alpha value is -1.98. The average Bonchev–Trinajstić information content (AvgIpc) is 2.56. The van der Waals surface area contributed by atoms with Gasteiger partial charge in [-0.3, -0.25) is 4.79 Å². The Morgan fingerprint density at radius 1 is 1.30 bits per heavy atom. The first-order valence-electron chi connectivity index (χ1n) is 7.63. The number of carbonyl (C=O) groups is 1. The second kappa shape index (κ2) is 8.04. The standard InChI is InChI=1S/C17H20N4O.ClH/c1-18-11-16(22)20-14-8-5-9-15-13(14)10-19-17(21-15)12-6-3-2-4-7-12;/h2-4,6-7,10,14,18H,5,8-9,11H2,1H3,(H,20,22);1H. The molecule has 0 saturated heterocycles. The Morgan fingerprint density at radius 3 is 2.83 bits per heavy atom. The number of likely N-dealkylation sites (N-methyl/N-ethyl adjacent to an activating group) is 1. The third kappa shape index (κ3) is 4.06. The molecule has 1 aromatic heterocycles. The summed E-state index contributed by atoms with van der Waals surface area (Å²) in [5.41, 5.74) is 3.12. The number of aromatic nitrogens is 2. The minimum atomic E-state index is 0.